The molecule has 4 heteroatoms. The van der Waals surface area contributed by atoms with Crippen molar-refractivity contribution in [3.63, 3.8) is 0 Å². The smallest absolute Gasteiger partial charge is 0.242 e. The fourth-order valence-corrected chi connectivity index (χ4v) is 3.58. The van der Waals surface area contributed by atoms with Gasteiger partial charge in [0.05, 0.1) is 0 Å². The lowest BCUT2D eigenvalue weighted by molar-refractivity contribution is -0.117. The SMILES string of the molecule is CCc1cccc(NC(=O)C2CC(c3cccc4ccccc34)NN2)c1. The summed E-state index contributed by atoms with van der Waals surface area (Å²) in [5, 5.41) is 5.47. The number of hydrazine groups is 1. The zero-order chi connectivity index (χ0) is 17.9. The highest BCUT2D eigenvalue weighted by atomic mass is 16.2. The van der Waals surface area contributed by atoms with Gasteiger partial charge in [-0.2, -0.15) is 0 Å². The topological polar surface area (TPSA) is 53.2 Å². The summed E-state index contributed by atoms with van der Waals surface area (Å²) in [7, 11) is 0. The quantitative estimate of drug-likeness (QED) is 0.671. The third kappa shape index (κ3) is 3.34. The number of nitrogens with one attached hydrogen (secondary N) is 3. The summed E-state index contributed by atoms with van der Waals surface area (Å²) in [6.45, 7) is 2.11. The van der Waals surface area contributed by atoms with Crippen molar-refractivity contribution < 1.29 is 4.79 Å². The highest BCUT2D eigenvalue weighted by Gasteiger charge is 2.30. The van der Waals surface area contributed by atoms with Gasteiger partial charge in [-0.15, -0.1) is 0 Å². The van der Waals surface area contributed by atoms with E-state index in [1.807, 2.05) is 24.3 Å². The molecule has 26 heavy (non-hydrogen) atoms. The average Bonchev–Trinajstić information content (AvgIpc) is 3.18. The number of benzene rings is 3. The number of aryl methyl sites for hydroxylation is 1. The molecule has 2 atom stereocenters. The van der Waals surface area contributed by atoms with Gasteiger partial charge >= 0.3 is 0 Å². The minimum Gasteiger partial charge on any atom is -0.325 e. The lowest BCUT2D eigenvalue weighted by atomic mass is 9.96. The number of hydrogen-bond acceptors (Lipinski definition) is 3. The number of amides is 1. The van der Waals surface area contributed by atoms with Gasteiger partial charge in [-0.1, -0.05) is 61.5 Å². The van der Waals surface area contributed by atoms with E-state index in [4.69, 9.17) is 0 Å². The van der Waals surface area contributed by atoms with Crippen molar-refractivity contribution in [3.05, 3.63) is 77.9 Å². The highest BCUT2D eigenvalue weighted by molar-refractivity contribution is 5.95. The molecule has 1 amide bonds. The van der Waals surface area contributed by atoms with Crippen LogP contribution in [0.25, 0.3) is 10.8 Å². The van der Waals surface area contributed by atoms with Crippen LogP contribution in [-0.2, 0) is 11.2 Å². The first-order chi connectivity index (χ1) is 12.7. The molecular weight excluding hydrogens is 322 g/mol. The number of carbonyl (C=O) groups is 1. The van der Waals surface area contributed by atoms with Crippen LogP contribution >= 0.6 is 0 Å². The highest BCUT2D eigenvalue weighted by Crippen LogP contribution is 2.29. The molecule has 0 radical (unpaired) electrons. The molecule has 2 unspecified atom stereocenters. The number of rotatable bonds is 4. The largest absolute Gasteiger partial charge is 0.325 e. The van der Waals surface area contributed by atoms with Gasteiger partial charge in [-0.25, -0.2) is 10.9 Å². The van der Waals surface area contributed by atoms with Crippen LogP contribution in [-0.4, -0.2) is 11.9 Å². The van der Waals surface area contributed by atoms with Gasteiger partial charge in [0.25, 0.3) is 0 Å². The van der Waals surface area contributed by atoms with Crippen LogP contribution in [0.2, 0.25) is 0 Å². The Hall–Kier alpha value is -2.69. The Kier molecular flexibility index (Phi) is 4.69. The maximum atomic E-state index is 12.6. The van der Waals surface area contributed by atoms with Crippen LogP contribution in [0.3, 0.4) is 0 Å². The van der Waals surface area contributed by atoms with Gasteiger partial charge < -0.3 is 5.32 Å². The van der Waals surface area contributed by atoms with E-state index in [0.717, 1.165) is 12.1 Å². The van der Waals surface area contributed by atoms with E-state index < -0.39 is 0 Å². The molecule has 0 aliphatic carbocycles. The molecule has 3 aromatic rings. The van der Waals surface area contributed by atoms with Crippen molar-refractivity contribution in [2.75, 3.05) is 5.32 Å². The predicted octanol–water partition coefficient (Wildman–Crippen LogP) is 3.95. The van der Waals surface area contributed by atoms with E-state index in [1.54, 1.807) is 0 Å². The van der Waals surface area contributed by atoms with E-state index in [0.29, 0.717) is 6.42 Å². The van der Waals surface area contributed by atoms with Crippen LogP contribution in [0.1, 0.15) is 30.5 Å². The van der Waals surface area contributed by atoms with Crippen molar-refractivity contribution in [1.29, 1.82) is 0 Å². The number of carbonyl (C=O) groups excluding carboxylic acids is 1. The van der Waals surface area contributed by atoms with Crippen LogP contribution in [0.5, 0.6) is 0 Å². The van der Waals surface area contributed by atoms with Crippen LogP contribution in [0.4, 0.5) is 5.69 Å². The monoisotopic (exact) mass is 345 g/mol. The Bertz CT molecular complexity index is 932. The van der Waals surface area contributed by atoms with E-state index in [1.165, 1.54) is 21.9 Å². The van der Waals surface area contributed by atoms with Gasteiger partial charge in [0, 0.05) is 11.7 Å². The van der Waals surface area contributed by atoms with Crippen molar-refractivity contribution in [2.24, 2.45) is 0 Å². The maximum Gasteiger partial charge on any atom is 0.242 e. The summed E-state index contributed by atoms with van der Waals surface area (Å²) in [5.41, 5.74) is 9.74. The first-order valence-electron chi connectivity index (χ1n) is 9.13. The molecule has 3 aromatic carbocycles. The molecule has 0 bridgehead atoms. The average molecular weight is 345 g/mol. The summed E-state index contributed by atoms with van der Waals surface area (Å²) >= 11 is 0. The van der Waals surface area contributed by atoms with Gasteiger partial charge in [0.1, 0.15) is 6.04 Å². The molecule has 0 spiro atoms. The van der Waals surface area contributed by atoms with Crippen LogP contribution in [0, 0.1) is 0 Å². The second-order valence-electron chi connectivity index (χ2n) is 6.74. The molecule has 0 aromatic heterocycles. The summed E-state index contributed by atoms with van der Waals surface area (Å²) in [4.78, 5) is 12.6. The van der Waals surface area contributed by atoms with Gasteiger partial charge in [-0.3, -0.25) is 4.79 Å². The zero-order valence-corrected chi connectivity index (χ0v) is 14.8. The van der Waals surface area contributed by atoms with Crippen molar-refractivity contribution >= 4 is 22.4 Å². The fourth-order valence-electron chi connectivity index (χ4n) is 3.58. The minimum absolute atomic E-state index is 0.00603. The van der Waals surface area contributed by atoms with Crippen LogP contribution < -0.4 is 16.2 Å². The van der Waals surface area contributed by atoms with E-state index >= 15 is 0 Å². The van der Waals surface area contributed by atoms with E-state index in [2.05, 4.69) is 65.6 Å². The summed E-state index contributed by atoms with van der Waals surface area (Å²) in [6, 6.07) is 22.5. The van der Waals surface area contributed by atoms with E-state index in [9.17, 15) is 4.79 Å². The van der Waals surface area contributed by atoms with E-state index in [-0.39, 0.29) is 18.0 Å². The third-order valence-electron chi connectivity index (χ3n) is 5.02. The Labute approximate surface area is 153 Å². The Morgan fingerprint density at radius 3 is 2.73 bits per heavy atom. The lowest BCUT2D eigenvalue weighted by Gasteiger charge is -2.13. The zero-order valence-electron chi connectivity index (χ0n) is 14.8. The number of fused-ring (bicyclic) bond motifs is 1. The number of anilines is 1. The predicted molar refractivity (Wildman–Crippen MR) is 106 cm³/mol. The molecule has 1 aliphatic heterocycles. The first-order valence-corrected chi connectivity index (χ1v) is 9.13. The molecule has 3 N–H and O–H groups in total. The van der Waals surface area contributed by atoms with Crippen LogP contribution in [0.15, 0.2) is 66.7 Å². The van der Waals surface area contributed by atoms with Crippen molar-refractivity contribution in [3.8, 4) is 0 Å². The molecular formula is C22H23N3O. The molecule has 1 fully saturated rings. The second-order valence-corrected chi connectivity index (χ2v) is 6.74. The third-order valence-corrected chi connectivity index (χ3v) is 5.02. The molecule has 1 heterocycles. The maximum absolute atomic E-state index is 12.6. The van der Waals surface area contributed by atoms with Crippen molar-refractivity contribution in [2.45, 2.75) is 31.8 Å². The summed E-state index contributed by atoms with van der Waals surface area (Å²) in [5.74, 6) is -0.00603. The first kappa shape index (κ1) is 16.8. The summed E-state index contributed by atoms with van der Waals surface area (Å²) < 4.78 is 0. The Morgan fingerprint density at radius 1 is 1.04 bits per heavy atom. The minimum atomic E-state index is -0.260. The number of hydrogen-bond donors (Lipinski definition) is 3. The van der Waals surface area contributed by atoms with Gasteiger partial charge in [0.2, 0.25) is 5.91 Å². The lowest BCUT2D eigenvalue weighted by Crippen LogP contribution is -2.39. The molecule has 4 rings (SSSR count). The van der Waals surface area contributed by atoms with Gasteiger partial charge in [0.15, 0.2) is 0 Å². The summed E-state index contributed by atoms with van der Waals surface area (Å²) in [6.07, 6.45) is 1.67. The molecule has 1 saturated heterocycles. The molecule has 0 saturated carbocycles. The molecule has 132 valence electrons. The second kappa shape index (κ2) is 7.28. The Morgan fingerprint density at radius 2 is 1.85 bits per heavy atom. The Balaban J connectivity index is 1.48. The normalized spacial score (nSPS) is 19.6. The standard InChI is InChI=1S/C22H23N3O/c1-2-15-7-5-10-17(13-15)23-22(26)21-14-20(24-25-21)19-12-6-9-16-8-3-4-11-18(16)19/h3-13,20-21,24-25H,2,14H2,1H3,(H,23,26). The molecule has 1 aliphatic rings. The molecule has 4 nitrogen and oxygen atoms in total. The fraction of sp³-hybridized carbons (Fsp3) is 0.227. The van der Waals surface area contributed by atoms with Gasteiger partial charge in [-0.05, 0) is 46.9 Å². The van der Waals surface area contributed by atoms with Crippen molar-refractivity contribution in [1.82, 2.24) is 10.9 Å².